The summed E-state index contributed by atoms with van der Waals surface area (Å²) in [5.41, 5.74) is 3.71. The van der Waals surface area contributed by atoms with Crippen LogP contribution in [-0.2, 0) is 6.54 Å². The van der Waals surface area contributed by atoms with E-state index in [-0.39, 0.29) is 6.04 Å². The molecule has 2 aromatic carbocycles. The molecule has 0 aliphatic heterocycles. The van der Waals surface area contributed by atoms with Gasteiger partial charge in [0.25, 0.3) is 0 Å². The Morgan fingerprint density at radius 3 is 2.19 bits per heavy atom. The van der Waals surface area contributed by atoms with Crippen LogP contribution in [0.5, 0.6) is 0 Å². The van der Waals surface area contributed by atoms with Crippen LogP contribution in [0.2, 0.25) is 10.0 Å². The van der Waals surface area contributed by atoms with E-state index < -0.39 is 0 Å². The third-order valence-electron chi connectivity index (χ3n) is 3.69. The van der Waals surface area contributed by atoms with E-state index in [2.05, 4.69) is 50.4 Å². The number of rotatable bonds is 5. The summed E-state index contributed by atoms with van der Waals surface area (Å²) in [6.07, 6.45) is 0. The van der Waals surface area contributed by atoms with Crippen molar-refractivity contribution in [1.29, 1.82) is 0 Å². The zero-order valence-electron chi connectivity index (χ0n) is 12.7. The second-order valence-electron chi connectivity index (χ2n) is 5.66. The second-order valence-corrected chi connectivity index (χ2v) is 6.51. The number of halogens is 2. The quantitative estimate of drug-likeness (QED) is 0.715. The Labute approximate surface area is 137 Å². The highest BCUT2D eigenvalue weighted by molar-refractivity contribution is 6.35. The molecule has 112 valence electrons. The van der Waals surface area contributed by atoms with Gasteiger partial charge < -0.3 is 5.32 Å². The summed E-state index contributed by atoms with van der Waals surface area (Å²) >= 11 is 12.2. The highest BCUT2D eigenvalue weighted by Crippen LogP contribution is 2.26. The van der Waals surface area contributed by atoms with Crippen molar-refractivity contribution in [2.75, 3.05) is 0 Å². The molecule has 1 nitrogen and oxygen atoms in total. The Morgan fingerprint density at radius 1 is 0.952 bits per heavy atom. The fourth-order valence-corrected chi connectivity index (χ4v) is 2.83. The lowest BCUT2D eigenvalue weighted by atomic mass is 10.0. The molecule has 0 aromatic heterocycles. The molecule has 0 aliphatic rings. The van der Waals surface area contributed by atoms with Gasteiger partial charge in [0.2, 0.25) is 0 Å². The maximum atomic E-state index is 6.24. The molecule has 1 N–H and O–H groups in total. The summed E-state index contributed by atoms with van der Waals surface area (Å²) in [7, 11) is 0. The van der Waals surface area contributed by atoms with Crippen molar-refractivity contribution in [2.24, 2.45) is 0 Å². The summed E-state index contributed by atoms with van der Waals surface area (Å²) in [4.78, 5) is 0. The molecule has 0 heterocycles. The fourth-order valence-electron chi connectivity index (χ4n) is 2.25. The predicted molar refractivity (Wildman–Crippen MR) is 92.2 cm³/mol. The van der Waals surface area contributed by atoms with E-state index in [9.17, 15) is 0 Å². The molecule has 0 amide bonds. The van der Waals surface area contributed by atoms with Crippen molar-refractivity contribution in [3.05, 3.63) is 69.2 Å². The van der Waals surface area contributed by atoms with Gasteiger partial charge in [-0.15, -0.1) is 0 Å². The molecule has 0 saturated carbocycles. The third-order valence-corrected chi connectivity index (χ3v) is 4.25. The summed E-state index contributed by atoms with van der Waals surface area (Å²) in [6.45, 7) is 7.34. The summed E-state index contributed by atoms with van der Waals surface area (Å²) in [6, 6.07) is 14.6. The van der Waals surface area contributed by atoms with Gasteiger partial charge in [-0.2, -0.15) is 0 Å². The highest BCUT2D eigenvalue weighted by atomic mass is 35.5. The van der Waals surface area contributed by atoms with Crippen LogP contribution in [0.1, 0.15) is 49.4 Å². The molecule has 0 fully saturated rings. The van der Waals surface area contributed by atoms with Crippen molar-refractivity contribution in [1.82, 2.24) is 5.32 Å². The lowest BCUT2D eigenvalue weighted by Gasteiger charge is -2.16. The molecule has 0 saturated heterocycles. The van der Waals surface area contributed by atoms with E-state index in [0.29, 0.717) is 16.0 Å². The van der Waals surface area contributed by atoms with E-state index in [1.165, 1.54) is 11.1 Å². The lowest BCUT2D eigenvalue weighted by molar-refractivity contribution is 0.575. The molecule has 2 aromatic rings. The van der Waals surface area contributed by atoms with Crippen molar-refractivity contribution in [3.63, 3.8) is 0 Å². The normalized spacial score (nSPS) is 12.7. The molecule has 0 radical (unpaired) electrons. The summed E-state index contributed by atoms with van der Waals surface area (Å²) < 4.78 is 0. The van der Waals surface area contributed by atoms with Crippen molar-refractivity contribution in [3.8, 4) is 0 Å². The average Bonchev–Trinajstić information content (AvgIpc) is 2.45. The zero-order valence-corrected chi connectivity index (χ0v) is 14.2. The zero-order chi connectivity index (χ0) is 15.4. The Bertz CT molecular complexity index is 591. The molecular formula is C18H21Cl2N. The standard InChI is InChI=1S/C18H21Cl2N/c1-12(2)15-6-4-14(5-7-15)11-21-13(3)17-9-8-16(19)10-18(17)20/h4-10,12-13,21H,11H2,1-3H3. The predicted octanol–water partition coefficient (Wildman–Crippen LogP) is 5.97. The SMILES string of the molecule is CC(C)c1ccc(CNC(C)c2ccc(Cl)cc2Cl)cc1. The molecule has 3 heteroatoms. The Hall–Kier alpha value is -1.02. The number of benzene rings is 2. The van der Waals surface area contributed by atoms with Gasteiger partial charge in [0.05, 0.1) is 0 Å². The molecule has 21 heavy (non-hydrogen) atoms. The van der Waals surface area contributed by atoms with Crippen molar-refractivity contribution in [2.45, 2.75) is 39.3 Å². The van der Waals surface area contributed by atoms with Crippen LogP contribution in [0.25, 0.3) is 0 Å². The first-order chi connectivity index (χ1) is 9.97. The van der Waals surface area contributed by atoms with E-state index in [0.717, 1.165) is 12.1 Å². The van der Waals surface area contributed by atoms with Crippen molar-refractivity contribution >= 4 is 23.2 Å². The van der Waals surface area contributed by atoms with Gasteiger partial charge in [0, 0.05) is 22.6 Å². The van der Waals surface area contributed by atoms with Crippen molar-refractivity contribution < 1.29 is 0 Å². The van der Waals surface area contributed by atoms with Gasteiger partial charge in [0.1, 0.15) is 0 Å². The first-order valence-corrected chi connectivity index (χ1v) is 8.00. The largest absolute Gasteiger partial charge is 0.306 e. The third kappa shape index (κ3) is 4.47. The van der Waals surface area contributed by atoms with E-state index in [1.807, 2.05) is 12.1 Å². The molecule has 0 bridgehead atoms. The Balaban J connectivity index is 1.98. The van der Waals surface area contributed by atoms with Gasteiger partial charge >= 0.3 is 0 Å². The highest BCUT2D eigenvalue weighted by Gasteiger charge is 2.09. The maximum Gasteiger partial charge on any atom is 0.0468 e. The lowest BCUT2D eigenvalue weighted by Crippen LogP contribution is -2.18. The van der Waals surface area contributed by atoms with E-state index in [1.54, 1.807) is 6.07 Å². The van der Waals surface area contributed by atoms with Gasteiger partial charge in [0.15, 0.2) is 0 Å². The first-order valence-electron chi connectivity index (χ1n) is 7.24. The minimum absolute atomic E-state index is 0.180. The fraction of sp³-hybridized carbons (Fsp3) is 0.333. The van der Waals surface area contributed by atoms with Gasteiger partial charge in [-0.3, -0.25) is 0 Å². The monoisotopic (exact) mass is 321 g/mol. The molecule has 0 spiro atoms. The Kier molecular flexibility index (Phi) is 5.69. The topological polar surface area (TPSA) is 12.0 Å². The van der Waals surface area contributed by atoms with Crippen LogP contribution in [0.3, 0.4) is 0 Å². The van der Waals surface area contributed by atoms with Crippen LogP contribution in [0, 0.1) is 0 Å². The number of hydrogen-bond acceptors (Lipinski definition) is 1. The minimum atomic E-state index is 0.180. The molecular weight excluding hydrogens is 301 g/mol. The molecule has 2 rings (SSSR count). The van der Waals surface area contributed by atoms with Crippen LogP contribution in [0.15, 0.2) is 42.5 Å². The van der Waals surface area contributed by atoms with E-state index >= 15 is 0 Å². The molecule has 0 aliphatic carbocycles. The number of hydrogen-bond donors (Lipinski definition) is 1. The maximum absolute atomic E-state index is 6.24. The molecule has 1 atom stereocenters. The van der Waals surface area contributed by atoms with Crippen LogP contribution >= 0.6 is 23.2 Å². The van der Waals surface area contributed by atoms with Crippen LogP contribution in [-0.4, -0.2) is 0 Å². The summed E-state index contributed by atoms with van der Waals surface area (Å²) in [5.74, 6) is 0.568. The Morgan fingerprint density at radius 2 is 1.62 bits per heavy atom. The van der Waals surface area contributed by atoms with Gasteiger partial charge in [-0.25, -0.2) is 0 Å². The minimum Gasteiger partial charge on any atom is -0.306 e. The number of nitrogens with one attached hydrogen (secondary N) is 1. The first kappa shape index (κ1) is 16.4. The van der Waals surface area contributed by atoms with Gasteiger partial charge in [-0.05, 0) is 41.7 Å². The summed E-state index contributed by atoms with van der Waals surface area (Å²) in [5, 5.41) is 4.87. The van der Waals surface area contributed by atoms with E-state index in [4.69, 9.17) is 23.2 Å². The second kappa shape index (κ2) is 7.31. The van der Waals surface area contributed by atoms with Crippen LogP contribution in [0.4, 0.5) is 0 Å². The van der Waals surface area contributed by atoms with Gasteiger partial charge in [-0.1, -0.05) is 67.4 Å². The molecule has 1 unspecified atom stereocenters. The van der Waals surface area contributed by atoms with Crippen LogP contribution < -0.4 is 5.32 Å². The average molecular weight is 322 g/mol. The smallest absolute Gasteiger partial charge is 0.0468 e.